The van der Waals surface area contributed by atoms with Gasteiger partial charge in [0, 0.05) is 13.4 Å². The molecule has 1 aliphatic heterocycles. The minimum atomic E-state index is -1.72. The van der Waals surface area contributed by atoms with Crippen molar-refractivity contribution in [3.63, 3.8) is 0 Å². The molecular weight excluding hydrogens is 484 g/mol. The fraction of sp³-hybridized carbons (Fsp3) is 0.111. The lowest BCUT2D eigenvalue weighted by Gasteiger charge is -2.34. The molecule has 0 N–H and O–H groups in total. The highest BCUT2D eigenvalue weighted by atomic mass is 79.9. The zero-order valence-electron chi connectivity index (χ0n) is 12.2. The molecule has 0 saturated heterocycles. The summed E-state index contributed by atoms with van der Waals surface area (Å²) in [5.41, 5.74) is 2.74. The van der Waals surface area contributed by atoms with Gasteiger partial charge in [0.15, 0.2) is 0 Å². The van der Waals surface area contributed by atoms with Crippen LogP contribution in [-0.4, -0.2) is 8.07 Å². The SMILES string of the molecule is C[Si]1(C)c2cc(Br)ccc2-c2cc(Br)cc3cc(Br)cc1c23. The van der Waals surface area contributed by atoms with Crippen LogP contribution in [0.25, 0.3) is 21.9 Å². The Morgan fingerprint density at radius 1 is 0.682 bits per heavy atom. The molecule has 0 radical (unpaired) electrons. The quantitative estimate of drug-likeness (QED) is 0.338. The Hall–Kier alpha value is -0.423. The molecule has 110 valence electrons. The van der Waals surface area contributed by atoms with E-state index in [4.69, 9.17) is 0 Å². The van der Waals surface area contributed by atoms with Crippen molar-refractivity contribution in [3.05, 3.63) is 55.9 Å². The predicted octanol–water partition coefficient (Wildman–Crippen LogP) is 5.93. The largest absolute Gasteiger partial charge is 0.113 e. The van der Waals surface area contributed by atoms with Crippen molar-refractivity contribution in [1.82, 2.24) is 0 Å². The third kappa shape index (κ3) is 2.11. The van der Waals surface area contributed by atoms with E-state index in [1.54, 1.807) is 0 Å². The molecule has 0 atom stereocenters. The van der Waals surface area contributed by atoms with Crippen molar-refractivity contribution in [1.29, 1.82) is 0 Å². The van der Waals surface area contributed by atoms with E-state index in [0.29, 0.717) is 0 Å². The van der Waals surface area contributed by atoms with Gasteiger partial charge < -0.3 is 0 Å². The maximum absolute atomic E-state index is 3.70. The van der Waals surface area contributed by atoms with Crippen LogP contribution in [0.3, 0.4) is 0 Å². The standard InChI is InChI=1S/C18H13Br3Si/c1-22(2)16-8-11(19)3-4-14(16)15-7-12(20)5-10-6-13(21)9-17(22)18(10)15/h3-9H,1-2H3. The Kier molecular flexibility index (Phi) is 3.46. The average molecular weight is 497 g/mol. The number of fused-ring (bicyclic) bond motifs is 2. The van der Waals surface area contributed by atoms with E-state index in [9.17, 15) is 0 Å². The Balaban J connectivity index is 2.27. The van der Waals surface area contributed by atoms with Crippen LogP contribution in [-0.2, 0) is 0 Å². The fourth-order valence-corrected chi connectivity index (χ4v) is 8.41. The van der Waals surface area contributed by atoms with Gasteiger partial charge in [0.05, 0.1) is 0 Å². The van der Waals surface area contributed by atoms with Gasteiger partial charge in [-0.25, -0.2) is 0 Å². The van der Waals surface area contributed by atoms with Crippen molar-refractivity contribution in [2.24, 2.45) is 0 Å². The summed E-state index contributed by atoms with van der Waals surface area (Å²) in [5.74, 6) is 0. The number of rotatable bonds is 0. The third-order valence-corrected chi connectivity index (χ3v) is 9.51. The van der Waals surface area contributed by atoms with Crippen molar-refractivity contribution >= 4 is 77.0 Å². The highest BCUT2D eigenvalue weighted by Crippen LogP contribution is 2.37. The normalized spacial score (nSPS) is 15.0. The van der Waals surface area contributed by atoms with Gasteiger partial charge in [-0.1, -0.05) is 67.0 Å². The molecule has 0 nitrogen and oxygen atoms in total. The molecule has 0 saturated carbocycles. The summed E-state index contributed by atoms with van der Waals surface area (Å²) in [6.07, 6.45) is 0. The molecule has 0 spiro atoms. The van der Waals surface area contributed by atoms with Gasteiger partial charge in [0.25, 0.3) is 0 Å². The van der Waals surface area contributed by atoms with Crippen LogP contribution in [0.4, 0.5) is 0 Å². The van der Waals surface area contributed by atoms with Crippen molar-refractivity contribution in [2.45, 2.75) is 13.1 Å². The highest BCUT2D eigenvalue weighted by molar-refractivity contribution is 9.11. The van der Waals surface area contributed by atoms with Gasteiger partial charge in [0.2, 0.25) is 0 Å². The summed E-state index contributed by atoms with van der Waals surface area (Å²) in [5, 5.41) is 5.76. The summed E-state index contributed by atoms with van der Waals surface area (Å²) in [6, 6.07) is 15.8. The molecule has 1 aliphatic rings. The molecular formula is C18H13Br3Si. The van der Waals surface area contributed by atoms with Crippen LogP contribution in [0.15, 0.2) is 55.9 Å². The molecule has 3 aromatic carbocycles. The second-order valence-electron chi connectivity index (χ2n) is 6.32. The van der Waals surface area contributed by atoms with E-state index in [2.05, 4.69) is 103 Å². The summed E-state index contributed by atoms with van der Waals surface area (Å²) in [7, 11) is -1.72. The van der Waals surface area contributed by atoms with Crippen LogP contribution >= 0.6 is 47.8 Å². The van der Waals surface area contributed by atoms with Crippen LogP contribution in [0.1, 0.15) is 0 Å². The second-order valence-corrected chi connectivity index (χ2v) is 13.4. The van der Waals surface area contributed by atoms with Crippen LogP contribution in [0.2, 0.25) is 13.1 Å². The zero-order valence-corrected chi connectivity index (χ0v) is 17.9. The van der Waals surface area contributed by atoms with E-state index in [1.807, 2.05) is 0 Å². The molecule has 4 rings (SSSR count). The van der Waals surface area contributed by atoms with Gasteiger partial charge in [-0.05, 0) is 68.7 Å². The molecule has 0 amide bonds. The summed E-state index contributed by atoms with van der Waals surface area (Å²) in [6.45, 7) is 4.90. The molecule has 3 aromatic rings. The van der Waals surface area contributed by atoms with Gasteiger partial charge in [-0.2, -0.15) is 0 Å². The summed E-state index contributed by atoms with van der Waals surface area (Å²) >= 11 is 11.0. The van der Waals surface area contributed by atoms with E-state index in [1.165, 1.54) is 32.3 Å². The van der Waals surface area contributed by atoms with Crippen molar-refractivity contribution in [3.8, 4) is 11.1 Å². The number of benzene rings is 3. The van der Waals surface area contributed by atoms with Gasteiger partial charge in [-0.15, -0.1) is 0 Å². The van der Waals surface area contributed by atoms with Gasteiger partial charge in [0.1, 0.15) is 8.07 Å². The van der Waals surface area contributed by atoms with Crippen molar-refractivity contribution < 1.29 is 0 Å². The Morgan fingerprint density at radius 2 is 1.32 bits per heavy atom. The lowest BCUT2D eigenvalue weighted by molar-refractivity contribution is 1.58. The Morgan fingerprint density at radius 3 is 2.05 bits per heavy atom. The van der Waals surface area contributed by atoms with Crippen LogP contribution in [0.5, 0.6) is 0 Å². The van der Waals surface area contributed by atoms with Gasteiger partial charge >= 0.3 is 0 Å². The molecule has 0 aromatic heterocycles. The number of hydrogen-bond donors (Lipinski definition) is 0. The van der Waals surface area contributed by atoms with E-state index in [-0.39, 0.29) is 0 Å². The first kappa shape index (κ1) is 15.1. The number of hydrogen-bond acceptors (Lipinski definition) is 0. The summed E-state index contributed by atoms with van der Waals surface area (Å²) < 4.78 is 3.46. The van der Waals surface area contributed by atoms with E-state index < -0.39 is 8.07 Å². The predicted molar refractivity (Wildman–Crippen MR) is 109 cm³/mol. The van der Waals surface area contributed by atoms with Crippen LogP contribution in [0, 0.1) is 0 Å². The molecule has 0 unspecified atom stereocenters. The van der Waals surface area contributed by atoms with E-state index >= 15 is 0 Å². The lowest BCUT2D eigenvalue weighted by atomic mass is 9.97. The molecule has 0 fully saturated rings. The van der Waals surface area contributed by atoms with Gasteiger partial charge in [-0.3, -0.25) is 0 Å². The maximum atomic E-state index is 3.70. The zero-order chi connectivity index (χ0) is 15.6. The first-order valence-corrected chi connectivity index (χ1v) is 12.5. The minimum absolute atomic E-state index is 1.13. The topological polar surface area (TPSA) is 0 Å². The monoisotopic (exact) mass is 494 g/mol. The third-order valence-electron chi connectivity index (χ3n) is 4.60. The minimum Gasteiger partial charge on any atom is -0.0616 e. The molecule has 4 heteroatoms. The summed E-state index contributed by atoms with van der Waals surface area (Å²) in [4.78, 5) is 0. The second kappa shape index (κ2) is 5.03. The molecule has 1 heterocycles. The molecule has 22 heavy (non-hydrogen) atoms. The molecule has 0 aliphatic carbocycles. The first-order valence-electron chi connectivity index (χ1n) is 7.11. The molecule has 0 bridgehead atoms. The van der Waals surface area contributed by atoms with E-state index in [0.717, 1.165) is 13.4 Å². The maximum Gasteiger partial charge on any atom is 0.113 e. The Bertz CT molecular complexity index is 939. The first-order chi connectivity index (χ1) is 10.4. The highest BCUT2D eigenvalue weighted by Gasteiger charge is 2.35. The van der Waals surface area contributed by atoms with Crippen molar-refractivity contribution in [2.75, 3.05) is 0 Å². The Labute approximate surface area is 156 Å². The lowest BCUT2D eigenvalue weighted by Crippen LogP contribution is -2.55. The average Bonchev–Trinajstić information content (AvgIpc) is 2.43. The fourth-order valence-electron chi connectivity index (χ4n) is 3.56. The number of halogens is 3. The smallest absolute Gasteiger partial charge is 0.0616 e. The van der Waals surface area contributed by atoms with Crippen LogP contribution < -0.4 is 10.4 Å².